The summed E-state index contributed by atoms with van der Waals surface area (Å²) >= 11 is 14.7. The first-order chi connectivity index (χ1) is 5.58. The van der Waals surface area contributed by atoms with Crippen LogP contribution < -0.4 is 0 Å². The van der Waals surface area contributed by atoms with Crippen molar-refractivity contribution in [3.05, 3.63) is 0 Å². The number of alkyl halides is 6. The van der Waals surface area contributed by atoms with E-state index >= 15 is 0 Å². The maximum absolute atomic E-state index is 11.9. The summed E-state index contributed by atoms with van der Waals surface area (Å²) in [6.07, 6.45) is -6.00. The molecule has 0 fully saturated rings. The lowest BCUT2D eigenvalue weighted by molar-refractivity contribution is -0.147. The van der Waals surface area contributed by atoms with Crippen molar-refractivity contribution in [1.82, 2.24) is 0 Å². The van der Waals surface area contributed by atoms with Gasteiger partial charge < -0.3 is 5.11 Å². The van der Waals surface area contributed by atoms with Crippen LogP contribution in [0.4, 0.5) is 13.2 Å². The second-order valence-electron chi connectivity index (χ2n) is 2.21. The monoisotopic (exact) mass is 258 g/mol. The van der Waals surface area contributed by atoms with Crippen molar-refractivity contribution in [3.8, 4) is 0 Å². The van der Waals surface area contributed by atoms with Crippen LogP contribution in [0.15, 0.2) is 0 Å². The molecule has 8 heteroatoms. The molecular formula is C5H4Cl3F3O2. The molecule has 0 aliphatic carbocycles. The highest BCUT2D eigenvalue weighted by Gasteiger charge is 2.54. The van der Waals surface area contributed by atoms with Gasteiger partial charge in [0.05, 0.1) is 0 Å². The Balaban J connectivity index is 4.43. The van der Waals surface area contributed by atoms with Crippen molar-refractivity contribution in [2.24, 2.45) is 0 Å². The highest BCUT2D eigenvalue weighted by atomic mass is 35.5. The molecule has 0 saturated heterocycles. The van der Waals surface area contributed by atoms with Crippen molar-refractivity contribution in [1.29, 1.82) is 0 Å². The van der Waals surface area contributed by atoms with E-state index in [0.717, 1.165) is 0 Å². The molecule has 1 atom stereocenters. The van der Waals surface area contributed by atoms with Gasteiger partial charge in [-0.05, 0) is 0 Å². The summed E-state index contributed by atoms with van der Waals surface area (Å²) in [6.45, 7) is 0. The fourth-order valence-corrected chi connectivity index (χ4v) is 1.13. The molecular weight excluding hydrogens is 255 g/mol. The average molecular weight is 259 g/mol. The van der Waals surface area contributed by atoms with Crippen LogP contribution in [0, 0.1) is 0 Å². The molecule has 0 heterocycles. The molecule has 1 N–H and O–H groups in total. The van der Waals surface area contributed by atoms with E-state index in [1.54, 1.807) is 0 Å². The number of hydrogen-bond donors (Lipinski definition) is 1. The Kier molecular flexibility index (Phi) is 4.15. The van der Waals surface area contributed by atoms with Gasteiger partial charge in [0.15, 0.2) is 0 Å². The standard InChI is InChI=1S/C5H4Cl3F3O2/c6-2(3(12)13)1-4(7,8)5(9,10)11/h2H,1H2,(H,12,13). The van der Waals surface area contributed by atoms with Crippen molar-refractivity contribution in [2.45, 2.75) is 22.3 Å². The van der Waals surface area contributed by atoms with Crippen molar-refractivity contribution >= 4 is 40.8 Å². The number of carboxylic acids is 1. The lowest BCUT2D eigenvalue weighted by atomic mass is 10.2. The first kappa shape index (κ1) is 13.1. The van der Waals surface area contributed by atoms with Crippen LogP contribution in [0.2, 0.25) is 0 Å². The van der Waals surface area contributed by atoms with Gasteiger partial charge in [-0.25, -0.2) is 0 Å². The minimum absolute atomic E-state index is 1.10. The van der Waals surface area contributed by atoms with Crippen LogP contribution in [-0.2, 0) is 4.79 Å². The Morgan fingerprint density at radius 1 is 1.38 bits per heavy atom. The Bertz CT molecular complexity index is 204. The Labute approximate surface area is 86.6 Å². The minimum Gasteiger partial charge on any atom is -0.480 e. The summed E-state index contributed by atoms with van der Waals surface area (Å²) < 4.78 is 32.7. The average Bonchev–Trinajstić information content (AvgIpc) is 1.83. The maximum Gasteiger partial charge on any atom is 0.421 e. The van der Waals surface area contributed by atoms with Gasteiger partial charge in [0.2, 0.25) is 4.33 Å². The molecule has 13 heavy (non-hydrogen) atoms. The summed E-state index contributed by atoms with van der Waals surface area (Å²) in [5.74, 6) is -1.60. The summed E-state index contributed by atoms with van der Waals surface area (Å²) in [6, 6.07) is 0. The topological polar surface area (TPSA) is 37.3 Å². The molecule has 0 aromatic carbocycles. The van der Waals surface area contributed by atoms with Crippen LogP contribution in [0.25, 0.3) is 0 Å². The fraction of sp³-hybridized carbons (Fsp3) is 0.800. The number of rotatable bonds is 3. The second-order valence-corrected chi connectivity index (χ2v) is 4.22. The van der Waals surface area contributed by atoms with E-state index in [1.807, 2.05) is 0 Å². The molecule has 0 radical (unpaired) electrons. The number of carbonyl (C=O) groups is 1. The first-order valence-electron chi connectivity index (χ1n) is 2.89. The van der Waals surface area contributed by atoms with Crippen molar-refractivity contribution in [2.75, 3.05) is 0 Å². The third-order valence-electron chi connectivity index (χ3n) is 1.12. The molecule has 2 nitrogen and oxygen atoms in total. The van der Waals surface area contributed by atoms with E-state index < -0.39 is 28.3 Å². The predicted octanol–water partition coefficient (Wildman–Crippen LogP) is 2.80. The molecule has 0 aromatic heterocycles. The van der Waals surface area contributed by atoms with Crippen LogP contribution in [0.1, 0.15) is 6.42 Å². The molecule has 0 rings (SSSR count). The van der Waals surface area contributed by atoms with Gasteiger partial charge in [0.25, 0.3) is 0 Å². The van der Waals surface area contributed by atoms with E-state index in [-0.39, 0.29) is 0 Å². The molecule has 0 aliphatic rings. The molecule has 0 spiro atoms. The molecule has 0 saturated carbocycles. The van der Waals surface area contributed by atoms with Crippen LogP contribution >= 0.6 is 34.8 Å². The lowest BCUT2D eigenvalue weighted by Crippen LogP contribution is -2.38. The van der Waals surface area contributed by atoms with Gasteiger partial charge in [-0.15, -0.1) is 11.6 Å². The normalized spacial score (nSPS) is 15.5. The van der Waals surface area contributed by atoms with Crippen molar-refractivity contribution < 1.29 is 23.1 Å². The third kappa shape index (κ3) is 3.79. The SMILES string of the molecule is O=C(O)C(Cl)CC(Cl)(Cl)C(F)(F)F. The Morgan fingerprint density at radius 3 is 2.00 bits per heavy atom. The molecule has 0 amide bonds. The van der Waals surface area contributed by atoms with Gasteiger partial charge in [-0.1, -0.05) is 23.2 Å². The van der Waals surface area contributed by atoms with Crippen molar-refractivity contribution in [3.63, 3.8) is 0 Å². The zero-order valence-electron chi connectivity index (χ0n) is 5.91. The summed E-state index contributed by atoms with van der Waals surface area (Å²) in [5, 5.41) is 6.43. The summed E-state index contributed by atoms with van der Waals surface area (Å²) in [4.78, 5) is 10.1. The van der Waals surface area contributed by atoms with E-state index in [2.05, 4.69) is 0 Å². The number of hydrogen-bond acceptors (Lipinski definition) is 1. The molecule has 78 valence electrons. The minimum atomic E-state index is -4.90. The largest absolute Gasteiger partial charge is 0.480 e. The number of carboxylic acid groups (broad SMARTS) is 1. The zero-order valence-corrected chi connectivity index (χ0v) is 8.18. The van der Waals surface area contributed by atoms with E-state index in [4.69, 9.17) is 39.9 Å². The van der Waals surface area contributed by atoms with E-state index in [1.165, 1.54) is 0 Å². The number of halogens is 6. The van der Waals surface area contributed by atoms with Crippen LogP contribution in [0.5, 0.6) is 0 Å². The van der Waals surface area contributed by atoms with Gasteiger partial charge >= 0.3 is 12.1 Å². The number of aliphatic carboxylic acids is 1. The zero-order chi connectivity index (χ0) is 10.9. The summed E-state index contributed by atoms with van der Waals surface area (Å²) in [7, 11) is 0. The van der Waals surface area contributed by atoms with Gasteiger partial charge in [-0.3, -0.25) is 4.79 Å². The summed E-state index contributed by atoms with van der Waals surface area (Å²) in [5.41, 5.74) is 0. The van der Waals surface area contributed by atoms with E-state index in [9.17, 15) is 18.0 Å². The van der Waals surface area contributed by atoms with E-state index in [0.29, 0.717) is 0 Å². The van der Waals surface area contributed by atoms with Gasteiger partial charge in [0.1, 0.15) is 5.38 Å². The van der Waals surface area contributed by atoms with Gasteiger partial charge in [0, 0.05) is 6.42 Å². The Hall–Kier alpha value is 0.130. The smallest absolute Gasteiger partial charge is 0.421 e. The quantitative estimate of drug-likeness (QED) is 0.791. The fourth-order valence-electron chi connectivity index (χ4n) is 0.428. The first-order valence-corrected chi connectivity index (χ1v) is 4.08. The Morgan fingerprint density at radius 2 is 1.77 bits per heavy atom. The van der Waals surface area contributed by atoms with Crippen LogP contribution in [-0.4, -0.2) is 27.0 Å². The van der Waals surface area contributed by atoms with Gasteiger partial charge in [-0.2, -0.15) is 13.2 Å². The molecule has 0 bridgehead atoms. The maximum atomic E-state index is 11.9. The third-order valence-corrected chi connectivity index (χ3v) is 2.20. The molecule has 1 unspecified atom stereocenters. The highest BCUT2D eigenvalue weighted by molar-refractivity contribution is 6.49. The molecule has 0 aliphatic heterocycles. The lowest BCUT2D eigenvalue weighted by Gasteiger charge is -2.23. The predicted molar refractivity (Wildman–Crippen MR) is 42.4 cm³/mol. The highest BCUT2D eigenvalue weighted by Crippen LogP contribution is 2.43. The second kappa shape index (κ2) is 4.11. The molecule has 0 aromatic rings. The van der Waals surface area contributed by atoms with Crippen LogP contribution in [0.3, 0.4) is 0 Å².